The molecule has 2 rings (SSSR count). The molecule has 0 N–H and O–H groups in total. The van der Waals surface area contributed by atoms with Crippen molar-refractivity contribution in [1.29, 1.82) is 0 Å². The smallest absolute Gasteiger partial charge is 0.124 e. The summed E-state index contributed by atoms with van der Waals surface area (Å²) >= 11 is 0. The number of benzene rings is 1. The van der Waals surface area contributed by atoms with Crippen LogP contribution in [0.5, 0.6) is 5.75 Å². The first-order valence-corrected chi connectivity index (χ1v) is 4.11. The van der Waals surface area contributed by atoms with E-state index in [-0.39, 0.29) is 6.10 Å². The third-order valence-electron chi connectivity index (χ3n) is 2.16. The molecule has 1 aromatic carbocycles. The lowest BCUT2D eigenvalue weighted by molar-refractivity contribution is 0.368. The first-order valence-electron chi connectivity index (χ1n) is 4.11. The van der Waals surface area contributed by atoms with Gasteiger partial charge in [-0.2, -0.15) is 0 Å². The summed E-state index contributed by atoms with van der Waals surface area (Å²) in [4.78, 5) is 0. The quantitative estimate of drug-likeness (QED) is 0.625. The van der Waals surface area contributed by atoms with Gasteiger partial charge in [-0.25, -0.2) is 0 Å². The van der Waals surface area contributed by atoms with Crippen molar-refractivity contribution in [1.82, 2.24) is 0 Å². The first kappa shape index (κ1) is 7.62. The van der Waals surface area contributed by atoms with Gasteiger partial charge in [-0.1, -0.05) is 18.2 Å². The molecule has 2 unspecified atom stereocenters. The number of hydrogen-bond acceptors (Lipinski definition) is 2. The van der Waals surface area contributed by atoms with Gasteiger partial charge >= 0.3 is 0 Å². The molecule has 2 nitrogen and oxygen atoms in total. The van der Waals surface area contributed by atoms with Crippen molar-refractivity contribution in [2.75, 3.05) is 7.11 Å². The van der Waals surface area contributed by atoms with E-state index in [1.807, 2.05) is 24.3 Å². The largest absolute Gasteiger partial charge is 0.496 e. The van der Waals surface area contributed by atoms with Gasteiger partial charge < -0.3 is 9.47 Å². The lowest BCUT2D eigenvalue weighted by atomic mass is 10.1. The summed E-state index contributed by atoms with van der Waals surface area (Å²) < 4.78 is 10.6. The van der Waals surface area contributed by atoms with E-state index < -0.39 is 0 Å². The minimum absolute atomic E-state index is 0.251. The second kappa shape index (κ2) is 2.79. The van der Waals surface area contributed by atoms with Crippen molar-refractivity contribution in [3.05, 3.63) is 29.8 Å². The lowest BCUT2D eigenvalue weighted by Crippen LogP contribution is -1.90. The van der Waals surface area contributed by atoms with Crippen molar-refractivity contribution in [2.45, 2.75) is 19.1 Å². The molecule has 0 bridgehead atoms. The number of ether oxygens (including phenoxy) is 2. The van der Waals surface area contributed by atoms with E-state index in [2.05, 4.69) is 6.92 Å². The highest BCUT2D eigenvalue weighted by Crippen LogP contribution is 2.42. The zero-order chi connectivity index (χ0) is 8.55. The molecular weight excluding hydrogens is 152 g/mol. The number of methoxy groups -OCH3 is 1. The molecule has 0 spiro atoms. The summed E-state index contributed by atoms with van der Waals surface area (Å²) in [6.07, 6.45) is 0.599. The zero-order valence-corrected chi connectivity index (χ0v) is 7.28. The van der Waals surface area contributed by atoms with Crippen molar-refractivity contribution in [3.63, 3.8) is 0 Å². The Balaban J connectivity index is 2.29. The fourth-order valence-corrected chi connectivity index (χ4v) is 1.41. The maximum absolute atomic E-state index is 5.37. The fraction of sp³-hybridized carbons (Fsp3) is 0.400. The Morgan fingerprint density at radius 3 is 2.58 bits per heavy atom. The molecule has 1 aromatic rings. The van der Waals surface area contributed by atoms with E-state index in [0.717, 1.165) is 11.3 Å². The summed E-state index contributed by atoms with van der Waals surface area (Å²) in [5.74, 6) is 0.923. The van der Waals surface area contributed by atoms with Crippen molar-refractivity contribution in [3.8, 4) is 5.75 Å². The van der Waals surface area contributed by atoms with Gasteiger partial charge in [-0.3, -0.25) is 0 Å². The fourth-order valence-electron chi connectivity index (χ4n) is 1.41. The predicted octanol–water partition coefficient (Wildman–Crippen LogP) is 2.16. The maximum Gasteiger partial charge on any atom is 0.124 e. The number of epoxide rings is 1. The standard InChI is InChI=1S/C10H12O2/c1-7-10(12-7)8-5-3-4-6-9(8)11-2/h3-7,10H,1-2H3. The zero-order valence-electron chi connectivity index (χ0n) is 7.28. The van der Waals surface area contributed by atoms with E-state index in [1.165, 1.54) is 0 Å². The number of para-hydroxylation sites is 1. The highest BCUT2D eigenvalue weighted by Gasteiger charge is 2.37. The molecule has 1 aliphatic rings. The summed E-state index contributed by atoms with van der Waals surface area (Å²) in [5, 5.41) is 0. The molecule has 2 atom stereocenters. The molecule has 1 saturated heterocycles. The van der Waals surface area contributed by atoms with E-state index in [4.69, 9.17) is 9.47 Å². The van der Waals surface area contributed by atoms with Gasteiger partial charge in [0.2, 0.25) is 0 Å². The van der Waals surface area contributed by atoms with Gasteiger partial charge in [0.25, 0.3) is 0 Å². The topological polar surface area (TPSA) is 21.8 Å². The summed E-state index contributed by atoms with van der Waals surface area (Å²) in [6.45, 7) is 2.07. The third kappa shape index (κ3) is 1.18. The molecule has 1 aliphatic heterocycles. The van der Waals surface area contributed by atoms with Crippen molar-refractivity contribution < 1.29 is 9.47 Å². The van der Waals surface area contributed by atoms with Crippen molar-refractivity contribution >= 4 is 0 Å². The van der Waals surface area contributed by atoms with Crippen LogP contribution in [0.3, 0.4) is 0 Å². The Kier molecular flexibility index (Phi) is 1.77. The van der Waals surface area contributed by atoms with Crippen LogP contribution in [0.1, 0.15) is 18.6 Å². The number of hydrogen-bond donors (Lipinski definition) is 0. The molecule has 0 aliphatic carbocycles. The lowest BCUT2D eigenvalue weighted by Gasteiger charge is -2.04. The Morgan fingerprint density at radius 2 is 2.00 bits per heavy atom. The van der Waals surface area contributed by atoms with E-state index >= 15 is 0 Å². The van der Waals surface area contributed by atoms with Gasteiger partial charge in [-0.05, 0) is 13.0 Å². The van der Waals surface area contributed by atoms with Gasteiger partial charge in [0.1, 0.15) is 11.9 Å². The molecule has 1 fully saturated rings. The second-order valence-electron chi connectivity index (χ2n) is 3.00. The van der Waals surface area contributed by atoms with Crippen LogP contribution in [0.4, 0.5) is 0 Å². The molecule has 0 radical (unpaired) electrons. The summed E-state index contributed by atoms with van der Waals surface area (Å²) in [6, 6.07) is 7.98. The number of rotatable bonds is 2. The van der Waals surface area contributed by atoms with Crippen LogP contribution >= 0.6 is 0 Å². The molecule has 1 heterocycles. The van der Waals surface area contributed by atoms with Crippen LogP contribution in [0.2, 0.25) is 0 Å². The second-order valence-corrected chi connectivity index (χ2v) is 3.00. The SMILES string of the molecule is COc1ccccc1C1OC1C. The first-order chi connectivity index (χ1) is 5.83. The van der Waals surface area contributed by atoms with Crippen LogP contribution in [-0.2, 0) is 4.74 Å². The minimum Gasteiger partial charge on any atom is -0.496 e. The molecular formula is C10H12O2. The van der Waals surface area contributed by atoms with Crippen LogP contribution in [0.15, 0.2) is 24.3 Å². The normalized spacial score (nSPS) is 26.8. The van der Waals surface area contributed by atoms with E-state index in [9.17, 15) is 0 Å². The minimum atomic E-state index is 0.251. The molecule has 12 heavy (non-hydrogen) atoms. The summed E-state index contributed by atoms with van der Waals surface area (Å²) in [7, 11) is 1.69. The van der Waals surface area contributed by atoms with E-state index in [0.29, 0.717) is 6.10 Å². The third-order valence-corrected chi connectivity index (χ3v) is 2.16. The monoisotopic (exact) mass is 164 g/mol. The molecule has 0 aromatic heterocycles. The average molecular weight is 164 g/mol. The highest BCUT2D eigenvalue weighted by atomic mass is 16.6. The average Bonchev–Trinajstić information content (AvgIpc) is 2.83. The van der Waals surface area contributed by atoms with Crippen molar-refractivity contribution in [2.24, 2.45) is 0 Å². The Labute approximate surface area is 72.1 Å². The van der Waals surface area contributed by atoms with Gasteiger partial charge in [0.05, 0.1) is 13.2 Å². The highest BCUT2D eigenvalue weighted by molar-refractivity contribution is 5.37. The molecule has 0 saturated carbocycles. The van der Waals surface area contributed by atoms with Gasteiger partial charge in [0.15, 0.2) is 0 Å². The Bertz CT molecular complexity index is 283. The van der Waals surface area contributed by atoms with E-state index in [1.54, 1.807) is 7.11 Å². The van der Waals surface area contributed by atoms with Crippen LogP contribution in [0.25, 0.3) is 0 Å². The Morgan fingerprint density at radius 1 is 1.33 bits per heavy atom. The van der Waals surface area contributed by atoms with Crippen LogP contribution < -0.4 is 4.74 Å². The Hall–Kier alpha value is -1.02. The molecule has 64 valence electrons. The molecule has 2 heteroatoms. The van der Waals surface area contributed by atoms with Gasteiger partial charge in [-0.15, -0.1) is 0 Å². The maximum atomic E-state index is 5.37. The summed E-state index contributed by atoms with van der Waals surface area (Å²) in [5.41, 5.74) is 1.16. The predicted molar refractivity (Wildman–Crippen MR) is 46.3 cm³/mol. The van der Waals surface area contributed by atoms with Crippen LogP contribution in [0, 0.1) is 0 Å². The molecule has 0 amide bonds. The van der Waals surface area contributed by atoms with Gasteiger partial charge in [0, 0.05) is 5.56 Å². The van der Waals surface area contributed by atoms with Crippen LogP contribution in [-0.4, -0.2) is 13.2 Å².